The van der Waals surface area contributed by atoms with E-state index in [1.165, 1.54) is 0 Å². The number of hydrogen-bond acceptors (Lipinski definition) is 3. The first kappa shape index (κ1) is 13.2. The minimum absolute atomic E-state index is 0.337. The van der Waals surface area contributed by atoms with Crippen LogP contribution in [-0.2, 0) is 13.0 Å². The molecule has 1 atom stereocenters. The molecule has 2 N–H and O–H groups in total. The van der Waals surface area contributed by atoms with Crippen molar-refractivity contribution in [1.82, 2.24) is 14.9 Å². The fourth-order valence-electron chi connectivity index (χ4n) is 1.70. The highest BCUT2D eigenvalue weighted by molar-refractivity contribution is 4.92. The molecule has 1 unspecified atom stereocenters. The van der Waals surface area contributed by atoms with Crippen LogP contribution in [0.15, 0.2) is 12.4 Å². The molecule has 0 aliphatic heterocycles. The molecule has 0 bridgehead atoms. The van der Waals surface area contributed by atoms with Crippen LogP contribution in [0.2, 0.25) is 0 Å². The molecule has 1 aromatic heterocycles. The third kappa shape index (κ3) is 4.33. The summed E-state index contributed by atoms with van der Waals surface area (Å²) in [4.78, 5) is 4.29. The number of hydrogen-bond donors (Lipinski definition) is 2. The maximum absolute atomic E-state index is 9.83. The van der Waals surface area contributed by atoms with Crippen LogP contribution in [0.3, 0.4) is 0 Å². The summed E-state index contributed by atoms with van der Waals surface area (Å²) in [5.41, 5.74) is 0. The second kappa shape index (κ2) is 7.41. The summed E-state index contributed by atoms with van der Waals surface area (Å²) >= 11 is 0. The zero-order valence-corrected chi connectivity index (χ0v) is 10.3. The maximum Gasteiger partial charge on any atom is 0.108 e. The van der Waals surface area contributed by atoms with E-state index >= 15 is 0 Å². The van der Waals surface area contributed by atoms with Crippen LogP contribution in [-0.4, -0.2) is 33.9 Å². The van der Waals surface area contributed by atoms with Gasteiger partial charge in [0.1, 0.15) is 5.82 Å². The Hall–Kier alpha value is -0.870. The van der Waals surface area contributed by atoms with Crippen LogP contribution >= 0.6 is 0 Å². The van der Waals surface area contributed by atoms with Crippen LogP contribution in [0.1, 0.15) is 32.5 Å². The second-order valence-electron chi connectivity index (χ2n) is 4.10. The number of aryl methyl sites for hydroxylation is 1. The highest BCUT2D eigenvalue weighted by atomic mass is 16.3. The molecule has 0 fully saturated rings. The van der Waals surface area contributed by atoms with Crippen molar-refractivity contribution in [2.75, 3.05) is 13.1 Å². The van der Waals surface area contributed by atoms with E-state index in [-0.39, 0.29) is 6.10 Å². The minimum Gasteiger partial charge on any atom is -0.390 e. The van der Waals surface area contributed by atoms with Gasteiger partial charge in [-0.15, -0.1) is 0 Å². The standard InChI is InChI=1S/C12H23N3O/c1-3-5-12-14-7-8-15(12)10-11(16)9-13-6-4-2/h7-8,11,13,16H,3-6,9-10H2,1-2H3. The van der Waals surface area contributed by atoms with Crippen molar-refractivity contribution in [3.63, 3.8) is 0 Å². The van der Waals surface area contributed by atoms with E-state index in [1.54, 1.807) is 6.20 Å². The summed E-state index contributed by atoms with van der Waals surface area (Å²) in [5.74, 6) is 1.07. The average molecular weight is 225 g/mol. The van der Waals surface area contributed by atoms with Crippen molar-refractivity contribution in [2.45, 2.75) is 45.8 Å². The molecule has 92 valence electrons. The van der Waals surface area contributed by atoms with Crippen LogP contribution < -0.4 is 5.32 Å². The highest BCUT2D eigenvalue weighted by Crippen LogP contribution is 2.02. The van der Waals surface area contributed by atoms with Crippen LogP contribution in [0, 0.1) is 0 Å². The van der Waals surface area contributed by atoms with Crippen LogP contribution in [0.4, 0.5) is 0 Å². The molecule has 4 nitrogen and oxygen atoms in total. The van der Waals surface area contributed by atoms with Gasteiger partial charge in [0, 0.05) is 25.4 Å². The Morgan fingerprint density at radius 3 is 2.94 bits per heavy atom. The summed E-state index contributed by atoms with van der Waals surface area (Å²) in [6.45, 7) is 6.50. The van der Waals surface area contributed by atoms with Crippen molar-refractivity contribution in [1.29, 1.82) is 0 Å². The van der Waals surface area contributed by atoms with Crippen molar-refractivity contribution in [3.05, 3.63) is 18.2 Å². The normalized spacial score (nSPS) is 12.9. The molecule has 0 aliphatic carbocycles. The van der Waals surface area contributed by atoms with Crippen molar-refractivity contribution in [2.24, 2.45) is 0 Å². The SMILES string of the molecule is CCCNCC(O)Cn1ccnc1CCC. The lowest BCUT2D eigenvalue weighted by Gasteiger charge is -2.14. The van der Waals surface area contributed by atoms with Gasteiger partial charge >= 0.3 is 0 Å². The van der Waals surface area contributed by atoms with E-state index < -0.39 is 0 Å². The van der Waals surface area contributed by atoms with Crippen molar-refractivity contribution in [3.8, 4) is 0 Å². The van der Waals surface area contributed by atoms with E-state index in [1.807, 2.05) is 10.8 Å². The first-order chi connectivity index (χ1) is 7.77. The van der Waals surface area contributed by atoms with Gasteiger partial charge in [-0.25, -0.2) is 4.98 Å². The van der Waals surface area contributed by atoms with Gasteiger partial charge in [-0.2, -0.15) is 0 Å². The smallest absolute Gasteiger partial charge is 0.108 e. The van der Waals surface area contributed by atoms with Gasteiger partial charge in [0.15, 0.2) is 0 Å². The van der Waals surface area contributed by atoms with Gasteiger partial charge in [0.25, 0.3) is 0 Å². The lowest BCUT2D eigenvalue weighted by Crippen LogP contribution is -2.31. The Morgan fingerprint density at radius 1 is 1.44 bits per heavy atom. The van der Waals surface area contributed by atoms with Crippen molar-refractivity contribution >= 4 is 0 Å². The van der Waals surface area contributed by atoms with Gasteiger partial charge in [0.2, 0.25) is 0 Å². The summed E-state index contributed by atoms with van der Waals surface area (Å²) in [5, 5.41) is 13.0. The van der Waals surface area contributed by atoms with Gasteiger partial charge in [0.05, 0.1) is 12.6 Å². The lowest BCUT2D eigenvalue weighted by molar-refractivity contribution is 0.150. The lowest BCUT2D eigenvalue weighted by atomic mass is 10.3. The highest BCUT2D eigenvalue weighted by Gasteiger charge is 2.07. The molecule has 1 aromatic rings. The Kier molecular flexibility index (Phi) is 6.11. The monoisotopic (exact) mass is 225 g/mol. The number of aromatic nitrogens is 2. The molecular weight excluding hydrogens is 202 g/mol. The molecule has 16 heavy (non-hydrogen) atoms. The van der Waals surface area contributed by atoms with E-state index in [0.29, 0.717) is 13.1 Å². The third-order valence-corrected chi connectivity index (χ3v) is 2.49. The summed E-state index contributed by atoms with van der Waals surface area (Å²) in [6.07, 6.45) is 6.56. The summed E-state index contributed by atoms with van der Waals surface area (Å²) < 4.78 is 2.04. The molecule has 4 heteroatoms. The first-order valence-corrected chi connectivity index (χ1v) is 6.16. The van der Waals surface area contributed by atoms with Crippen molar-refractivity contribution < 1.29 is 5.11 Å². The van der Waals surface area contributed by atoms with Gasteiger partial charge in [-0.1, -0.05) is 13.8 Å². The maximum atomic E-state index is 9.83. The zero-order valence-electron chi connectivity index (χ0n) is 10.3. The minimum atomic E-state index is -0.337. The molecular formula is C12H23N3O. The predicted molar refractivity (Wildman–Crippen MR) is 65.4 cm³/mol. The molecule has 1 rings (SSSR count). The van der Waals surface area contributed by atoms with Gasteiger partial charge in [-0.3, -0.25) is 0 Å². The average Bonchev–Trinajstić information content (AvgIpc) is 2.67. The zero-order chi connectivity index (χ0) is 11.8. The fourth-order valence-corrected chi connectivity index (χ4v) is 1.70. The molecule has 0 aromatic carbocycles. The Labute approximate surface area is 97.7 Å². The molecule has 0 saturated heterocycles. The first-order valence-electron chi connectivity index (χ1n) is 6.16. The largest absolute Gasteiger partial charge is 0.390 e. The Bertz CT molecular complexity index is 286. The number of aliphatic hydroxyl groups excluding tert-OH is 1. The number of aliphatic hydroxyl groups is 1. The molecule has 0 radical (unpaired) electrons. The van der Waals surface area contributed by atoms with E-state index in [0.717, 1.165) is 31.6 Å². The fraction of sp³-hybridized carbons (Fsp3) is 0.750. The molecule has 0 aliphatic rings. The summed E-state index contributed by atoms with van der Waals surface area (Å²) in [6, 6.07) is 0. The third-order valence-electron chi connectivity index (χ3n) is 2.49. The number of imidazole rings is 1. The predicted octanol–water partition coefficient (Wildman–Crippen LogP) is 1.20. The van der Waals surface area contributed by atoms with Gasteiger partial charge in [-0.05, 0) is 19.4 Å². The van der Waals surface area contributed by atoms with E-state index in [9.17, 15) is 5.11 Å². The van der Waals surface area contributed by atoms with E-state index in [4.69, 9.17) is 0 Å². The number of nitrogens with zero attached hydrogens (tertiary/aromatic N) is 2. The Balaban J connectivity index is 2.36. The van der Waals surface area contributed by atoms with Crippen LogP contribution in [0.5, 0.6) is 0 Å². The molecule has 0 saturated carbocycles. The van der Waals surface area contributed by atoms with Crippen LogP contribution in [0.25, 0.3) is 0 Å². The van der Waals surface area contributed by atoms with E-state index in [2.05, 4.69) is 24.1 Å². The molecule has 1 heterocycles. The van der Waals surface area contributed by atoms with Gasteiger partial charge < -0.3 is 15.0 Å². The quantitative estimate of drug-likeness (QED) is 0.654. The molecule has 0 spiro atoms. The number of nitrogens with one attached hydrogen (secondary N) is 1. The topological polar surface area (TPSA) is 50.1 Å². The molecule has 0 amide bonds. The summed E-state index contributed by atoms with van der Waals surface area (Å²) in [7, 11) is 0. The Morgan fingerprint density at radius 2 is 2.25 bits per heavy atom. The second-order valence-corrected chi connectivity index (χ2v) is 4.10. The number of rotatable bonds is 8.